The SMILES string of the molecule is CCCCCCCOc1cc(C)c(N)cc1Br. The number of ether oxygens (including phenoxy) is 1. The van der Waals surface area contributed by atoms with Crippen LogP contribution in [-0.2, 0) is 0 Å². The summed E-state index contributed by atoms with van der Waals surface area (Å²) in [6, 6.07) is 3.90. The maximum absolute atomic E-state index is 5.81. The summed E-state index contributed by atoms with van der Waals surface area (Å²) in [4.78, 5) is 0. The highest BCUT2D eigenvalue weighted by Gasteiger charge is 2.04. The summed E-state index contributed by atoms with van der Waals surface area (Å²) >= 11 is 3.47. The van der Waals surface area contributed by atoms with Gasteiger partial charge in [-0.15, -0.1) is 0 Å². The summed E-state index contributed by atoms with van der Waals surface area (Å²) in [5.41, 5.74) is 7.68. The molecule has 0 bridgehead atoms. The molecule has 0 atom stereocenters. The maximum atomic E-state index is 5.81. The van der Waals surface area contributed by atoms with E-state index in [1.54, 1.807) is 0 Å². The first-order chi connectivity index (χ1) is 8.15. The highest BCUT2D eigenvalue weighted by molar-refractivity contribution is 9.10. The molecule has 1 aromatic carbocycles. The number of hydrogen-bond acceptors (Lipinski definition) is 2. The summed E-state index contributed by atoms with van der Waals surface area (Å²) in [6.45, 7) is 5.01. The topological polar surface area (TPSA) is 35.2 Å². The van der Waals surface area contributed by atoms with Crippen molar-refractivity contribution >= 4 is 21.6 Å². The van der Waals surface area contributed by atoms with Crippen LogP contribution in [0, 0.1) is 6.92 Å². The third-order valence-corrected chi connectivity index (χ3v) is 3.45. The molecule has 0 radical (unpaired) electrons. The van der Waals surface area contributed by atoms with Crippen LogP contribution in [0.15, 0.2) is 16.6 Å². The Balaban J connectivity index is 2.34. The van der Waals surface area contributed by atoms with E-state index in [1.165, 1.54) is 25.7 Å². The number of hydrogen-bond donors (Lipinski definition) is 1. The Kier molecular flexibility index (Phi) is 6.41. The molecule has 96 valence electrons. The largest absolute Gasteiger partial charge is 0.492 e. The van der Waals surface area contributed by atoms with Crippen molar-refractivity contribution < 1.29 is 4.74 Å². The summed E-state index contributed by atoms with van der Waals surface area (Å²) in [6.07, 6.45) is 6.28. The molecule has 0 saturated carbocycles. The van der Waals surface area contributed by atoms with E-state index >= 15 is 0 Å². The van der Waals surface area contributed by atoms with Gasteiger partial charge in [0.1, 0.15) is 5.75 Å². The van der Waals surface area contributed by atoms with E-state index in [0.29, 0.717) is 0 Å². The second kappa shape index (κ2) is 7.59. The molecule has 0 aromatic heterocycles. The van der Waals surface area contributed by atoms with E-state index in [2.05, 4.69) is 22.9 Å². The molecule has 1 aromatic rings. The normalized spacial score (nSPS) is 10.5. The molecule has 2 N–H and O–H groups in total. The molecule has 0 unspecified atom stereocenters. The van der Waals surface area contributed by atoms with Gasteiger partial charge in [-0.25, -0.2) is 0 Å². The summed E-state index contributed by atoms with van der Waals surface area (Å²) in [5.74, 6) is 0.896. The van der Waals surface area contributed by atoms with Gasteiger partial charge in [0, 0.05) is 5.69 Å². The third-order valence-electron chi connectivity index (χ3n) is 2.83. The van der Waals surface area contributed by atoms with Crippen molar-refractivity contribution in [1.82, 2.24) is 0 Å². The number of nitrogens with two attached hydrogens (primary N) is 1. The molecule has 0 aliphatic carbocycles. The van der Waals surface area contributed by atoms with Crippen molar-refractivity contribution in [2.75, 3.05) is 12.3 Å². The van der Waals surface area contributed by atoms with Gasteiger partial charge in [0.2, 0.25) is 0 Å². The number of aryl methyl sites for hydroxylation is 1. The summed E-state index contributed by atoms with van der Waals surface area (Å²) in [5, 5.41) is 0. The zero-order valence-electron chi connectivity index (χ0n) is 10.8. The molecule has 2 nitrogen and oxygen atoms in total. The fraction of sp³-hybridized carbons (Fsp3) is 0.571. The highest BCUT2D eigenvalue weighted by Crippen LogP contribution is 2.29. The Labute approximate surface area is 113 Å². The zero-order valence-corrected chi connectivity index (χ0v) is 12.3. The average molecular weight is 300 g/mol. The molecule has 0 saturated heterocycles. The zero-order chi connectivity index (χ0) is 12.7. The molecule has 0 amide bonds. The van der Waals surface area contributed by atoms with Gasteiger partial charge in [0.25, 0.3) is 0 Å². The number of rotatable bonds is 7. The fourth-order valence-electron chi connectivity index (χ4n) is 1.67. The lowest BCUT2D eigenvalue weighted by molar-refractivity contribution is 0.302. The van der Waals surface area contributed by atoms with Gasteiger partial charge < -0.3 is 10.5 Å². The van der Waals surface area contributed by atoms with Crippen LogP contribution in [0.4, 0.5) is 5.69 Å². The first kappa shape index (κ1) is 14.4. The molecule has 0 aliphatic rings. The van der Waals surface area contributed by atoms with E-state index in [0.717, 1.165) is 34.5 Å². The number of unbranched alkanes of at least 4 members (excludes halogenated alkanes) is 4. The molecule has 0 spiro atoms. The number of nitrogen functional groups attached to an aromatic ring is 1. The molecule has 0 aliphatic heterocycles. The van der Waals surface area contributed by atoms with Crippen molar-refractivity contribution in [2.24, 2.45) is 0 Å². The first-order valence-electron chi connectivity index (χ1n) is 6.33. The van der Waals surface area contributed by atoms with Gasteiger partial charge in [0.05, 0.1) is 11.1 Å². The van der Waals surface area contributed by atoms with Crippen LogP contribution in [0.5, 0.6) is 5.75 Å². The Morgan fingerprint density at radius 1 is 1.18 bits per heavy atom. The van der Waals surface area contributed by atoms with E-state index in [-0.39, 0.29) is 0 Å². The third kappa shape index (κ3) is 4.99. The minimum absolute atomic E-state index is 0.783. The van der Waals surface area contributed by atoms with E-state index in [9.17, 15) is 0 Å². The minimum Gasteiger partial charge on any atom is -0.492 e. The quantitative estimate of drug-likeness (QED) is 0.585. The van der Waals surface area contributed by atoms with E-state index < -0.39 is 0 Å². The molecule has 17 heavy (non-hydrogen) atoms. The lowest BCUT2D eigenvalue weighted by Crippen LogP contribution is -1.99. The van der Waals surface area contributed by atoms with Crippen molar-refractivity contribution in [3.05, 3.63) is 22.2 Å². The molecule has 3 heteroatoms. The minimum atomic E-state index is 0.783. The number of anilines is 1. The van der Waals surface area contributed by atoms with E-state index in [1.807, 2.05) is 19.1 Å². The molecule has 0 heterocycles. The standard InChI is InChI=1S/C14H22BrNO/c1-3-4-5-6-7-8-17-14-9-11(2)13(16)10-12(14)15/h9-10H,3-8,16H2,1-2H3. The highest BCUT2D eigenvalue weighted by atomic mass is 79.9. The van der Waals surface area contributed by atoms with Crippen LogP contribution in [-0.4, -0.2) is 6.61 Å². The lowest BCUT2D eigenvalue weighted by atomic mass is 10.1. The Bertz CT molecular complexity index is 352. The van der Waals surface area contributed by atoms with Crippen LogP contribution in [0.1, 0.15) is 44.6 Å². The van der Waals surface area contributed by atoms with Crippen LogP contribution in [0.2, 0.25) is 0 Å². The molecular formula is C14H22BrNO. The van der Waals surface area contributed by atoms with Gasteiger partial charge in [0.15, 0.2) is 0 Å². The van der Waals surface area contributed by atoms with Gasteiger partial charge >= 0.3 is 0 Å². The van der Waals surface area contributed by atoms with Crippen molar-refractivity contribution in [1.29, 1.82) is 0 Å². The molecule has 0 fully saturated rings. The first-order valence-corrected chi connectivity index (χ1v) is 7.13. The summed E-state index contributed by atoms with van der Waals surface area (Å²) < 4.78 is 6.69. The lowest BCUT2D eigenvalue weighted by Gasteiger charge is -2.10. The van der Waals surface area contributed by atoms with Gasteiger partial charge in [-0.1, -0.05) is 32.6 Å². The predicted octanol–water partition coefficient (Wildman–Crippen LogP) is 4.69. The van der Waals surface area contributed by atoms with Crippen LogP contribution >= 0.6 is 15.9 Å². The van der Waals surface area contributed by atoms with Crippen molar-refractivity contribution in [2.45, 2.75) is 46.0 Å². The smallest absolute Gasteiger partial charge is 0.133 e. The Morgan fingerprint density at radius 2 is 1.88 bits per heavy atom. The second-order valence-electron chi connectivity index (χ2n) is 4.40. The van der Waals surface area contributed by atoms with Crippen molar-refractivity contribution in [3.8, 4) is 5.75 Å². The van der Waals surface area contributed by atoms with E-state index in [4.69, 9.17) is 10.5 Å². The van der Waals surface area contributed by atoms with Crippen LogP contribution < -0.4 is 10.5 Å². The Morgan fingerprint density at radius 3 is 2.59 bits per heavy atom. The van der Waals surface area contributed by atoms with Crippen molar-refractivity contribution in [3.63, 3.8) is 0 Å². The average Bonchev–Trinajstić information content (AvgIpc) is 2.30. The maximum Gasteiger partial charge on any atom is 0.133 e. The number of halogens is 1. The molecule has 1 rings (SSSR count). The fourth-order valence-corrected chi connectivity index (χ4v) is 2.14. The van der Waals surface area contributed by atoms with Gasteiger partial charge in [-0.3, -0.25) is 0 Å². The van der Waals surface area contributed by atoms with Gasteiger partial charge in [-0.2, -0.15) is 0 Å². The van der Waals surface area contributed by atoms with Gasteiger partial charge in [-0.05, 0) is 47.0 Å². The molecular weight excluding hydrogens is 278 g/mol. The second-order valence-corrected chi connectivity index (χ2v) is 5.26. The summed E-state index contributed by atoms with van der Waals surface area (Å²) in [7, 11) is 0. The monoisotopic (exact) mass is 299 g/mol. The Hall–Kier alpha value is -0.700. The number of benzene rings is 1. The van der Waals surface area contributed by atoms with Crippen LogP contribution in [0.25, 0.3) is 0 Å². The predicted molar refractivity (Wildman–Crippen MR) is 77.5 cm³/mol. The van der Waals surface area contributed by atoms with Crippen LogP contribution in [0.3, 0.4) is 0 Å².